The number of carbonyl (C=O) groups is 1. The zero-order valence-corrected chi connectivity index (χ0v) is 6.42. The van der Waals surface area contributed by atoms with Crippen LogP contribution >= 0.6 is 0 Å². The van der Waals surface area contributed by atoms with Gasteiger partial charge >= 0.3 is 0 Å². The first-order chi connectivity index (χ1) is 5.76. The molecule has 12 heavy (non-hydrogen) atoms. The van der Waals surface area contributed by atoms with Crippen molar-refractivity contribution in [1.29, 1.82) is 0 Å². The van der Waals surface area contributed by atoms with Gasteiger partial charge in [0.05, 0.1) is 19.3 Å². The van der Waals surface area contributed by atoms with Crippen LogP contribution in [-0.4, -0.2) is 39.0 Å². The van der Waals surface area contributed by atoms with Gasteiger partial charge in [0, 0.05) is 6.20 Å². The predicted molar refractivity (Wildman–Crippen MR) is 40.7 cm³/mol. The minimum atomic E-state index is -0.829. The monoisotopic (exact) mass is 170 g/mol. The third-order valence-electron chi connectivity index (χ3n) is 1.39. The predicted octanol–water partition coefficient (Wildman–Crippen LogP) is -0.951. The lowest BCUT2D eigenvalue weighted by molar-refractivity contribution is 0.0781. The summed E-state index contributed by atoms with van der Waals surface area (Å²) in [6.45, 7) is -0.110. The third-order valence-corrected chi connectivity index (χ3v) is 1.39. The molecule has 1 heterocycles. The number of hydrogen-bond donors (Lipinski definition) is 2. The van der Waals surface area contributed by atoms with Crippen molar-refractivity contribution in [3.05, 3.63) is 18.0 Å². The SMILES string of the molecule is O=Cc1ccn(CC(O)CO)n1. The Morgan fingerprint density at radius 2 is 2.50 bits per heavy atom. The average molecular weight is 170 g/mol. The van der Waals surface area contributed by atoms with Crippen molar-refractivity contribution in [1.82, 2.24) is 9.78 Å². The van der Waals surface area contributed by atoms with Gasteiger partial charge in [0.2, 0.25) is 0 Å². The van der Waals surface area contributed by atoms with Crippen LogP contribution in [0, 0.1) is 0 Å². The zero-order chi connectivity index (χ0) is 8.97. The summed E-state index contributed by atoms with van der Waals surface area (Å²) in [5.41, 5.74) is 0.320. The molecule has 0 saturated heterocycles. The van der Waals surface area contributed by atoms with Gasteiger partial charge in [0.15, 0.2) is 6.29 Å². The molecule has 1 rings (SSSR count). The van der Waals surface area contributed by atoms with Crippen molar-refractivity contribution in [2.75, 3.05) is 6.61 Å². The van der Waals surface area contributed by atoms with Crippen molar-refractivity contribution < 1.29 is 15.0 Å². The van der Waals surface area contributed by atoms with Crippen molar-refractivity contribution in [2.45, 2.75) is 12.6 Å². The van der Waals surface area contributed by atoms with Crippen molar-refractivity contribution >= 4 is 6.29 Å². The summed E-state index contributed by atoms with van der Waals surface area (Å²) in [6, 6.07) is 1.54. The van der Waals surface area contributed by atoms with E-state index in [1.54, 1.807) is 6.20 Å². The smallest absolute Gasteiger partial charge is 0.170 e. The van der Waals surface area contributed by atoms with E-state index < -0.39 is 6.10 Å². The maximum atomic E-state index is 10.2. The van der Waals surface area contributed by atoms with Crippen LogP contribution in [0.1, 0.15) is 10.5 Å². The van der Waals surface area contributed by atoms with E-state index in [1.165, 1.54) is 10.7 Å². The molecule has 0 aliphatic rings. The first-order valence-electron chi connectivity index (χ1n) is 3.54. The number of hydrogen-bond acceptors (Lipinski definition) is 4. The molecule has 0 aliphatic carbocycles. The standard InChI is InChI=1S/C7H10N2O3/c10-4-6-1-2-9(8-6)3-7(12)5-11/h1-2,4,7,11-12H,3,5H2. The van der Waals surface area contributed by atoms with Gasteiger partial charge in [-0.3, -0.25) is 9.48 Å². The van der Waals surface area contributed by atoms with Crippen LogP contribution in [-0.2, 0) is 6.54 Å². The largest absolute Gasteiger partial charge is 0.394 e. The van der Waals surface area contributed by atoms with E-state index in [2.05, 4.69) is 5.10 Å². The fourth-order valence-electron chi connectivity index (χ4n) is 0.816. The van der Waals surface area contributed by atoms with Crippen molar-refractivity contribution in [3.63, 3.8) is 0 Å². The second-order valence-electron chi connectivity index (χ2n) is 2.42. The van der Waals surface area contributed by atoms with Gasteiger partial charge in [0.25, 0.3) is 0 Å². The molecule has 0 spiro atoms. The van der Waals surface area contributed by atoms with Gasteiger partial charge in [0.1, 0.15) is 5.69 Å². The van der Waals surface area contributed by atoms with Crippen molar-refractivity contribution in [2.24, 2.45) is 0 Å². The highest BCUT2D eigenvalue weighted by molar-refractivity contribution is 5.71. The molecule has 0 bridgehead atoms. The number of carbonyl (C=O) groups excluding carboxylic acids is 1. The fourth-order valence-corrected chi connectivity index (χ4v) is 0.816. The Morgan fingerprint density at radius 3 is 3.00 bits per heavy atom. The molecule has 0 aromatic carbocycles. The lowest BCUT2D eigenvalue weighted by atomic mass is 10.4. The van der Waals surface area contributed by atoms with Gasteiger partial charge < -0.3 is 10.2 Å². The number of nitrogens with zero attached hydrogens (tertiary/aromatic N) is 2. The van der Waals surface area contributed by atoms with Crippen LogP contribution in [0.4, 0.5) is 0 Å². The van der Waals surface area contributed by atoms with E-state index in [9.17, 15) is 4.79 Å². The van der Waals surface area contributed by atoms with Crippen LogP contribution in [0.2, 0.25) is 0 Å². The van der Waals surface area contributed by atoms with Gasteiger partial charge in [-0.25, -0.2) is 0 Å². The van der Waals surface area contributed by atoms with Crippen molar-refractivity contribution in [3.8, 4) is 0 Å². The molecule has 5 nitrogen and oxygen atoms in total. The molecule has 66 valence electrons. The topological polar surface area (TPSA) is 75.4 Å². The molecule has 1 aromatic rings. The molecule has 1 atom stereocenters. The molecule has 5 heteroatoms. The lowest BCUT2D eigenvalue weighted by Crippen LogP contribution is -2.20. The maximum absolute atomic E-state index is 10.2. The number of rotatable bonds is 4. The lowest BCUT2D eigenvalue weighted by Gasteiger charge is -2.05. The minimum Gasteiger partial charge on any atom is -0.394 e. The highest BCUT2D eigenvalue weighted by atomic mass is 16.3. The maximum Gasteiger partial charge on any atom is 0.170 e. The number of aromatic nitrogens is 2. The van der Waals surface area contributed by atoms with E-state index in [0.717, 1.165) is 0 Å². The molecule has 1 unspecified atom stereocenters. The summed E-state index contributed by atoms with van der Waals surface area (Å²) in [7, 11) is 0. The molecule has 0 aliphatic heterocycles. The Labute approximate surface area is 69.2 Å². The summed E-state index contributed by atoms with van der Waals surface area (Å²) >= 11 is 0. The summed E-state index contributed by atoms with van der Waals surface area (Å²) in [5, 5.41) is 21.3. The summed E-state index contributed by atoms with van der Waals surface area (Å²) in [4.78, 5) is 10.2. The molecule has 1 aromatic heterocycles. The summed E-state index contributed by atoms with van der Waals surface area (Å²) in [5.74, 6) is 0. The molecular weight excluding hydrogens is 160 g/mol. The summed E-state index contributed by atoms with van der Waals surface area (Å²) < 4.78 is 1.41. The van der Waals surface area contributed by atoms with E-state index >= 15 is 0 Å². The quantitative estimate of drug-likeness (QED) is 0.571. The Balaban J connectivity index is 2.57. The third kappa shape index (κ3) is 2.14. The van der Waals surface area contributed by atoms with Gasteiger partial charge in [-0.2, -0.15) is 5.10 Å². The molecule has 0 radical (unpaired) electrons. The molecule has 0 amide bonds. The van der Waals surface area contributed by atoms with E-state index in [1.807, 2.05) is 0 Å². The Bertz CT molecular complexity index is 259. The first-order valence-corrected chi connectivity index (χ1v) is 3.54. The Hall–Kier alpha value is -1.20. The molecular formula is C7H10N2O3. The van der Waals surface area contributed by atoms with E-state index in [4.69, 9.17) is 10.2 Å². The molecule has 0 fully saturated rings. The minimum absolute atomic E-state index is 0.199. The van der Waals surface area contributed by atoms with Crippen LogP contribution in [0.5, 0.6) is 0 Å². The van der Waals surface area contributed by atoms with Gasteiger partial charge in [-0.1, -0.05) is 0 Å². The Morgan fingerprint density at radius 1 is 1.75 bits per heavy atom. The highest BCUT2D eigenvalue weighted by Crippen LogP contribution is 1.94. The molecule has 2 N–H and O–H groups in total. The van der Waals surface area contributed by atoms with Crippen LogP contribution in [0.25, 0.3) is 0 Å². The van der Waals surface area contributed by atoms with E-state index in [-0.39, 0.29) is 13.2 Å². The highest BCUT2D eigenvalue weighted by Gasteiger charge is 2.03. The van der Waals surface area contributed by atoms with E-state index in [0.29, 0.717) is 12.0 Å². The van der Waals surface area contributed by atoms with Crippen LogP contribution in [0.15, 0.2) is 12.3 Å². The number of aldehydes is 1. The second kappa shape index (κ2) is 3.99. The van der Waals surface area contributed by atoms with Crippen LogP contribution in [0.3, 0.4) is 0 Å². The average Bonchev–Trinajstić information content (AvgIpc) is 2.52. The molecule has 0 saturated carbocycles. The summed E-state index contributed by atoms with van der Waals surface area (Å²) in [6.07, 6.45) is 1.37. The Kier molecular flexibility index (Phi) is 2.95. The zero-order valence-electron chi connectivity index (χ0n) is 6.42. The second-order valence-corrected chi connectivity index (χ2v) is 2.42. The normalized spacial score (nSPS) is 12.8. The van der Waals surface area contributed by atoms with Gasteiger partial charge in [-0.15, -0.1) is 0 Å². The van der Waals surface area contributed by atoms with Crippen LogP contribution < -0.4 is 0 Å². The van der Waals surface area contributed by atoms with Gasteiger partial charge in [-0.05, 0) is 6.07 Å². The number of aliphatic hydroxyl groups excluding tert-OH is 2. The number of aliphatic hydroxyl groups is 2. The first kappa shape index (κ1) is 8.89. The fraction of sp³-hybridized carbons (Fsp3) is 0.429.